The standard InChI is InChI=1S/C10H18O3/c1-5-13-10(12)8(3)6-7(2)9(4)11/h7-8H,5-6H2,1-4H3. The first-order chi connectivity index (χ1) is 5.99. The van der Waals surface area contributed by atoms with Gasteiger partial charge in [0, 0.05) is 5.92 Å². The Hall–Kier alpha value is -0.860. The van der Waals surface area contributed by atoms with Crippen molar-refractivity contribution in [3.8, 4) is 0 Å². The fourth-order valence-corrected chi connectivity index (χ4v) is 1.08. The fourth-order valence-electron chi connectivity index (χ4n) is 1.08. The molecule has 0 amide bonds. The molecule has 0 aromatic heterocycles. The monoisotopic (exact) mass is 186 g/mol. The zero-order valence-electron chi connectivity index (χ0n) is 8.79. The average molecular weight is 186 g/mol. The van der Waals surface area contributed by atoms with Crippen molar-refractivity contribution in [1.82, 2.24) is 0 Å². The highest BCUT2D eigenvalue weighted by Crippen LogP contribution is 2.13. The molecule has 13 heavy (non-hydrogen) atoms. The van der Waals surface area contributed by atoms with Crippen molar-refractivity contribution in [1.29, 1.82) is 0 Å². The lowest BCUT2D eigenvalue weighted by atomic mass is 9.95. The summed E-state index contributed by atoms with van der Waals surface area (Å²) in [7, 11) is 0. The van der Waals surface area contributed by atoms with E-state index < -0.39 is 0 Å². The molecule has 0 aromatic carbocycles. The maximum Gasteiger partial charge on any atom is 0.308 e. The van der Waals surface area contributed by atoms with Gasteiger partial charge in [-0.3, -0.25) is 9.59 Å². The van der Waals surface area contributed by atoms with E-state index >= 15 is 0 Å². The van der Waals surface area contributed by atoms with Crippen LogP contribution in [0.3, 0.4) is 0 Å². The van der Waals surface area contributed by atoms with Crippen LogP contribution in [0.15, 0.2) is 0 Å². The quantitative estimate of drug-likeness (QED) is 0.615. The summed E-state index contributed by atoms with van der Waals surface area (Å²) in [6, 6.07) is 0. The van der Waals surface area contributed by atoms with Crippen molar-refractivity contribution in [3.63, 3.8) is 0 Å². The van der Waals surface area contributed by atoms with Crippen LogP contribution in [0.25, 0.3) is 0 Å². The summed E-state index contributed by atoms with van der Waals surface area (Å²) >= 11 is 0. The lowest BCUT2D eigenvalue weighted by molar-refractivity contribution is -0.148. The Morgan fingerprint density at radius 2 is 1.77 bits per heavy atom. The molecule has 3 heteroatoms. The molecule has 76 valence electrons. The average Bonchev–Trinajstić information content (AvgIpc) is 2.04. The van der Waals surface area contributed by atoms with Crippen LogP contribution in [0.2, 0.25) is 0 Å². The molecular weight excluding hydrogens is 168 g/mol. The van der Waals surface area contributed by atoms with Gasteiger partial charge in [-0.25, -0.2) is 0 Å². The highest BCUT2D eigenvalue weighted by molar-refractivity contribution is 5.79. The first kappa shape index (κ1) is 12.1. The van der Waals surface area contributed by atoms with E-state index in [0.29, 0.717) is 13.0 Å². The third kappa shape index (κ3) is 4.65. The smallest absolute Gasteiger partial charge is 0.308 e. The Morgan fingerprint density at radius 3 is 2.15 bits per heavy atom. The van der Waals surface area contributed by atoms with Crippen LogP contribution in [-0.4, -0.2) is 18.4 Å². The van der Waals surface area contributed by atoms with E-state index in [2.05, 4.69) is 0 Å². The van der Waals surface area contributed by atoms with Gasteiger partial charge in [0.2, 0.25) is 0 Å². The number of carbonyl (C=O) groups is 2. The van der Waals surface area contributed by atoms with Gasteiger partial charge in [0.05, 0.1) is 12.5 Å². The minimum atomic E-state index is -0.212. The molecule has 0 radical (unpaired) electrons. The number of hydrogen-bond acceptors (Lipinski definition) is 3. The first-order valence-corrected chi connectivity index (χ1v) is 4.66. The van der Waals surface area contributed by atoms with Gasteiger partial charge in [0.25, 0.3) is 0 Å². The van der Waals surface area contributed by atoms with Crippen LogP contribution in [0.5, 0.6) is 0 Å². The predicted octanol–water partition coefficient (Wildman–Crippen LogP) is 1.80. The molecular formula is C10H18O3. The van der Waals surface area contributed by atoms with Crippen molar-refractivity contribution in [2.75, 3.05) is 6.61 Å². The van der Waals surface area contributed by atoms with Crippen molar-refractivity contribution < 1.29 is 14.3 Å². The predicted molar refractivity (Wildman–Crippen MR) is 50.3 cm³/mol. The molecule has 0 rings (SSSR count). The lowest BCUT2D eigenvalue weighted by Gasteiger charge is -2.13. The van der Waals surface area contributed by atoms with E-state index in [1.54, 1.807) is 20.8 Å². The maximum atomic E-state index is 11.2. The van der Waals surface area contributed by atoms with Crippen LogP contribution in [-0.2, 0) is 14.3 Å². The van der Waals surface area contributed by atoms with Gasteiger partial charge in [-0.2, -0.15) is 0 Å². The lowest BCUT2D eigenvalue weighted by Crippen LogP contribution is -2.19. The highest BCUT2D eigenvalue weighted by Gasteiger charge is 2.19. The molecule has 0 aliphatic carbocycles. The van der Waals surface area contributed by atoms with E-state index in [9.17, 15) is 9.59 Å². The second-order valence-electron chi connectivity index (χ2n) is 3.40. The minimum absolute atomic E-state index is 0.0561. The van der Waals surface area contributed by atoms with Crippen LogP contribution < -0.4 is 0 Å². The summed E-state index contributed by atoms with van der Waals surface area (Å²) in [4.78, 5) is 22.1. The Morgan fingerprint density at radius 1 is 1.23 bits per heavy atom. The van der Waals surface area contributed by atoms with Gasteiger partial charge >= 0.3 is 5.97 Å². The third-order valence-electron chi connectivity index (χ3n) is 2.09. The molecule has 0 aromatic rings. The zero-order valence-corrected chi connectivity index (χ0v) is 8.79. The third-order valence-corrected chi connectivity index (χ3v) is 2.09. The van der Waals surface area contributed by atoms with Gasteiger partial charge in [0.15, 0.2) is 0 Å². The number of ether oxygens (including phenoxy) is 1. The number of carbonyl (C=O) groups excluding carboxylic acids is 2. The molecule has 0 N–H and O–H groups in total. The maximum absolute atomic E-state index is 11.2. The highest BCUT2D eigenvalue weighted by atomic mass is 16.5. The van der Waals surface area contributed by atoms with Crippen LogP contribution in [0, 0.1) is 11.8 Å². The van der Waals surface area contributed by atoms with Crippen LogP contribution in [0.1, 0.15) is 34.1 Å². The van der Waals surface area contributed by atoms with E-state index in [0.717, 1.165) is 0 Å². The molecule has 0 spiro atoms. The van der Waals surface area contributed by atoms with E-state index in [1.165, 1.54) is 0 Å². The first-order valence-electron chi connectivity index (χ1n) is 4.66. The van der Waals surface area contributed by atoms with Gasteiger partial charge in [-0.15, -0.1) is 0 Å². The summed E-state index contributed by atoms with van der Waals surface area (Å²) in [6.45, 7) is 7.34. The number of rotatable bonds is 5. The molecule has 2 atom stereocenters. The number of ketones is 1. The summed E-state index contributed by atoms with van der Waals surface area (Å²) < 4.78 is 4.83. The Kier molecular flexibility index (Phi) is 5.35. The SMILES string of the molecule is CCOC(=O)C(C)CC(C)C(C)=O. The molecule has 0 saturated heterocycles. The summed E-state index contributed by atoms with van der Waals surface area (Å²) in [6.07, 6.45) is 0.578. The fraction of sp³-hybridized carbons (Fsp3) is 0.800. The van der Waals surface area contributed by atoms with Gasteiger partial charge in [-0.05, 0) is 20.3 Å². The normalized spacial score (nSPS) is 14.8. The molecule has 3 nitrogen and oxygen atoms in total. The van der Waals surface area contributed by atoms with Crippen LogP contribution in [0.4, 0.5) is 0 Å². The molecule has 0 saturated carbocycles. The van der Waals surface area contributed by atoms with Crippen molar-refractivity contribution in [2.45, 2.75) is 34.1 Å². The van der Waals surface area contributed by atoms with E-state index in [1.807, 2.05) is 6.92 Å². The molecule has 0 heterocycles. The van der Waals surface area contributed by atoms with Crippen molar-refractivity contribution in [2.24, 2.45) is 11.8 Å². The van der Waals surface area contributed by atoms with E-state index in [-0.39, 0.29) is 23.6 Å². The second kappa shape index (κ2) is 5.73. The molecule has 0 aliphatic heterocycles. The summed E-state index contributed by atoms with van der Waals surface area (Å²) in [5.41, 5.74) is 0. The molecule has 2 unspecified atom stereocenters. The minimum Gasteiger partial charge on any atom is -0.466 e. The molecule has 0 aliphatic rings. The summed E-state index contributed by atoms with van der Waals surface area (Å²) in [5, 5.41) is 0. The van der Waals surface area contributed by atoms with Gasteiger partial charge in [0.1, 0.15) is 5.78 Å². The van der Waals surface area contributed by atoms with Crippen molar-refractivity contribution >= 4 is 11.8 Å². The number of esters is 1. The number of Topliss-reactive ketones (excluding diaryl/α,β-unsaturated/α-hetero) is 1. The zero-order chi connectivity index (χ0) is 10.4. The number of hydrogen-bond donors (Lipinski definition) is 0. The Bertz CT molecular complexity index is 187. The van der Waals surface area contributed by atoms with E-state index in [4.69, 9.17) is 4.74 Å². The van der Waals surface area contributed by atoms with Gasteiger partial charge < -0.3 is 4.74 Å². The molecule has 0 fully saturated rings. The Labute approximate surface area is 79.5 Å². The van der Waals surface area contributed by atoms with Crippen LogP contribution >= 0.6 is 0 Å². The van der Waals surface area contributed by atoms with Crippen molar-refractivity contribution in [3.05, 3.63) is 0 Å². The summed E-state index contributed by atoms with van der Waals surface area (Å²) in [5.74, 6) is -0.329. The van der Waals surface area contributed by atoms with Gasteiger partial charge in [-0.1, -0.05) is 13.8 Å². The largest absolute Gasteiger partial charge is 0.466 e. The Balaban J connectivity index is 3.92. The second-order valence-corrected chi connectivity index (χ2v) is 3.40. The topological polar surface area (TPSA) is 43.4 Å². The molecule has 0 bridgehead atoms.